The summed E-state index contributed by atoms with van der Waals surface area (Å²) in [4.78, 5) is 4.76. The standard InChI is InChI=1S/C27H36F2N2O.2ClH/c1-18(32-17-20-22(28)10-8-11-23(20)29)16-31-14-13-27(4)21-9-7-12-24(30(5)6)19(21)15-25(31)26(27,2)3;;/h7-12,18,25H,13-17H2,1-6H3;2*1H. The first-order chi connectivity index (χ1) is 15.1. The van der Waals surface area contributed by atoms with Crippen LogP contribution >= 0.6 is 24.8 Å². The van der Waals surface area contributed by atoms with E-state index in [1.165, 1.54) is 35.0 Å². The number of likely N-dealkylation sites (tertiary alicyclic amines) is 1. The SMILES string of the molecule is CC(CN1CCC2(C)c3cccc(N(C)C)c3CC1C2(C)C)OCc1c(F)cccc1F.Cl.Cl. The summed E-state index contributed by atoms with van der Waals surface area (Å²) in [5, 5.41) is 0. The molecule has 2 bridgehead atoms. The summed E-state index contributed by atoms with van der Waals surface area (Å²) >= 11 is 0. The molecule has 0 saturated carbocycles. The molecular weight excluding hydrogens is 477 g/mol. The summed E-state index contributed by atoms with van der Waals surface area (Å²) in [5.41, 5.74) is 4.46. The molecule has 190 valence electrons. The van der Waals surface area contributed by atoms with E-state index < -0.39 is 11.6 Å². The van der Waals surface area contributed by atoms with Gasteiger partial charge in [-0.2, -0.15) is 0 Å². The Kier molecular flexibility index (Phi) is 9.07. The number of ether oxygens (including phenoxy) is 1. The largest absolute Gasteiger partial charge is 0.377 e. The fourth-order valence-corrected chi connectivity index (χ4v) is 5.95. The van der Waals surface area contributed by atoms with Crippen LogP contribution in [-0.4, -0.2) is 44.2 Å². The lowest BCUT2D eigenvalue weighted by Gasteiger charge is -2.61. The molecule has 0 radical (unpaired) electrons. The molecular formula is C27H38Cl2F2N2O. The predicted molar refractivity (Wildman–Crippen MR) is 141 cm³/mol. The quantitative estimate of drug-likeness (QED) is 0.443. The van der Waals surface area contributed by atoms with Crippen LogP contribution in [0.25, 0.3) is 0 Å². The molecule has 0 amide bonds. The number of hydrogen-bond donors (Lipinski definition) is 0. The van der Waals surface area contributed by atoms with E-state index in [1.54, 1.807) is 0 Å². The molecule has 7 heteroatoms. The van der Waals surface area contributed by atoms with Crippen LogP contribution in [0.15, 0.2) is 36.4 Å². The first kappa shape index (κ1) is 28.8. The molecule has 2 aromatic carbocycles. The molecule has 2 aromatic rings. The minimum absolute atomic E-state index is 0. The number of anilines is 1. The molecule has 1 aliphatic carbocycles. The number of fused-ring (bicyclic) bond motifs is 4. The molecule has 0 N–H and O–H groups in total. The molecule has 1 aliphatic heterocycles. The fourth-order valence-electron chi connectivity index (χ4n) is 5.95. The van der Waals surface area contributed by atoms with Crippen molar-refractivity contribution in [2.75, 3.05) is 32.1 Å². The van der Waals surface area contributed by atoms with Gasteiger partial charge in [0.2, 0.25) is 0 Å². The summed E-state index contributed by atoms with van der Waals surface area (Å²) < 4.78 is 33.9. The van der Waals surface area contributed by atoms with E-state index in [0.29, 0.717) is 6.04 Å². The van der Waals surface area contributed by atoms with Crippen molar-refractivity contribution in [1.82, 2.24) is 4.90 Å². The Bertz CT molecular complexity index is 980. The maximum Gasteiger partial charge on any atom is 0.131 e. The van der Waals surface area contributed by atoms with Gasteiger partial charge >= 0.3 is 0 Å². The lowest BCUT2D eigenvalue weighted by molar-refractivity contribution is -0.0651. The molecule has 0 spiro atoms. The van der Waals surface area contributed by atoms with Gasteiger partial charge in [0.05, 0.1) is 12.7 Å². The van der Waals surface area contributed by atoms with Gasteiger partial charge < -0.3 is 9.64 Å². The van der Waals surface area contributed by atoms with Gasteiger partial charge in [0.1, 0.15) is 11.6 Å². The average Bonchev–Trinajstić information content (AvgIpc) is 2.72. The van der Waals surface area contributed by atoms with Crippen LogP contribution in [0, 0.1) is 17.0 Å². The summed E-state index contributed by atoms with van der Waals surface area (Å²) in [6.45, 7) is 10.9. The van der Waals surface area contributed by atoms with Crippen LogP contribution < -0.4 is 4.90 Å². The molecule has 1 saturated heterocycles. The minimum Gasteiger partial charge on any atom is -0.377 e. The monoisotopic (exact) mass is 514 g/mol. The smallest absolute Gasteiger partial charge is 0.131 e. The fraction of sp³-hybridized carbons (Fsp3) is 0.556. The zero-order valence-electron chi connectivity index (χ0n) is 21.0. The van der Waals surface area contributed by atoms with Gasteiger partial charge in [0.15, 0.2) is 0 Å². The number of nitrogens with zero attached hydrogens (tertiary/aromatic N) is 2. The molecule has 34 heavy (non-hydrogen) atoms. The second-order valence-corrected chi connectivity index (χ2v) is 10.5. The topological polar surface area (TPSA) is 15.7 Å². The molecule has 0 aromatic heterocycles. The highest BCUT2D eigenvalue weighted by molar-refractivity contribution is 5.85. The number of hydrogen-bond acceptors (Lipinski definition) is 3. The van der Waals surface area contributed by atoms with E-state index in [0.717, 1.165) is 25.9 Å². The van der Waals surface area contributed by atoms with Gasteiger partial charge in [-0.25, -0.2) is 8.78 Å². The van der Waals surface area contributed by atoms with Crippen molar-refractivity contribution < 1.29 is 13.5 Å². The van der Waals surface area contributed by atoms with E-state index >= 15 is 0 Å². The van der Waals surface area contributed by atoms with Crippen molar-refractivity contribution in [1.29, 1.82) is 0 Å². The van der Waals surface area contributed by atoms with E-state index in [1.807, 2.05) is 6.92 Å². The van der Waals surface area contributed by atoms with E-state index in [4.69, 9.17) is 4.74 Å². The van der Waals surface area contributed by atoms with Crippen LogP contribution in [0.2, 0.25) is 0 Å². The number of rotatable bonds is 6. The second-order valence-electron chi connectivity index (χ2n) is 10.5. The number of piperidine rings is 1. The van der Waals surface area contributed by atoms with E-state index in [2.05, 4.69) is 62.9 Å². The number of halogens is 4. The Hall–Kier alpha value is -1.40. The number of benzene rings is 2. The van der Waals surface area contributed by atoms with Gasteiger partial charge in [-0.1, -0.05) is 39.0 Å². The molecule has 1 fully saturated rings. The van der Waals surface area contributed by atoms with Gasteiger partial charge in [0.25, 0.3) is 0 Å². The third kappa shape index (κ3) is 4.82. The van der Waals surface area contributed by atoms with Crippen LogP contribution in [0.5, 0.6) is 0 Å². The molecule has 3 unspecified atom stereocenters. The maximum absolute atomic E-state index is 14.0. The minimum atomic E-state index is -0.549. The van der Waals surface area contributed by atoms with Crippen LogP contribution in [0.1, 0.15) is 50.8 Å². The molecule has 3 atom stereocenters. The van der Waals surface area contributed by atoms with Crippen LogP contribution in [0.4, 0.5) is 14.5 Å². The third-order valence-electron chi connectivity index (χ3n) is 8.29. The summed E-state index contributed by atoms with van der Waals surface area (Å²) in [7, 11) is 4.23. The highest BCUT2D eigenvalue weighted by Gasteiger charge is 2.56. The first-order valence-electron chi connectivity index (χ1n) is 11.6. The van der Waals surface area contributed by atoms with Crippen molar-refractivity contribution in [3.8, 4) is 0 Å². The normalized spacial score (nSPS) is 23.8. The summed E-state index contributed by atoms with van der Waals surface area (Å²) in [5.74, 6) is -1.10. The summed E-state index contributed by atoms with van der Waals surface area (Å²) in [6, 6.07) is 11.1. The van der Waals surface area contributed by atoms with Crippen LogP contribution in [0.3, 0.4) is 0 Å². The third-order valence-corrected chi connectivity index (χ3v) is 8.29. The Balaban J connectivity index is 0.00000204. The van der Waals surface area contributed by atoms with Crippen LogP contribution in [-0.2, 0) is 23.2 Å². The maximum atomic E-state index is 14.0. The zero-order valence-corrected chi connectivity index (χ0v) is 22.7. The zero-order chi connectivity index (χ0) is 23.3. The average molecular weight is 516 g/mol. The Morgan fingerprint density at radius 1 is 1.06 bits per heavy atom. The highest BCUT2D eigenvalue weighted by atomic mass is 35.5. The second kappa shape index (κ2) is 10.7. The van der Waals surface area contributed by atoms with Crippen molar-refractivity contribution in [3.63, 3.8) is 0 Å². The van der Waals surface area contributed by atoms with Gasteiger partial charge in [-0.3, -0.25) is 4.90 Å². The van der Waals surface area contributed by atoms with Crippen molar-refractivity contribution in [2.45, 2.75) is 64.7 Å². The van der Waals surface area contributed by atoms with Gasteiger partial charge in [-0.15, -0.1) is 24.8 Å². The lowest BCUT2D eigenvalue weighted by atomic mass is 9.51. The highest BCUT2D eigenvalue weighted by Crippen LogP contribution is 2.57. The Labute approximate surface area is 215 Å². The Morgan fingerprint density at radius 3 is 2.29 bits per heavy atom. The molecule has 1 heterocycles. The molecule has 4 rings (SSSR count). The molecule has 3 nitrogen and oxygen atoms in total. The first-order valence-corrected chi connectivity index (χ1v) is 11.6. The Morgan fingerprint density at radius 2 is 1.68 bits per heavy atom. The van der Waals surface area contributed by atoms with Crippen molar-refractivity contribution >= 4 is 30.5 Å². The van der Waals surface area contributed by atoms with Gasteiger partial charge in [-0.05, 0) is 61.1 Å². The predicted octanol–water partition coefficient (Wildman–Crippen LogP) is 6.39. The lowest BCUT2D eigenvalue weighted by Crippen LogP contribution is -2.64. The van der Waals surface area contributed by atoms with Gasteiger partial charge in [0, 0.05) is 43.3 Å². The molecule has 2 aliphatic rings. The van der Waals surface area contributed by atoms with Crippen molar-refractivity contribution in [2.24, 2.45) is 5.41 Å². The van der Waals surface area contributed by atoms with E-state index in [-0.39, 0.29) is 53.9 Å². The van der Waals surface area contributed by atoms with E-state index in [9.17, 15) is 8.78 Å². The van der Waals surface area contributed by atoms with Crippen molar-refractivity contribution in [3.05, 3.63) is 64.7 Å². The summed E-state index contributed by atoms with van der Waals surface area (Å²) in [6.07, 6.45) is 1.95.